The largest absolute Gasteiger partial charge is 0.497 e. The van der Waals surface area contributed by atoms with Gasteiger partial charge >= 0.3 is 0 Å². The molecule has 0 saturated carbocycles. The second-order valence-electron chi connectivity index (χ2n) is 4.75. The van der Waals surface area contributed by atoms with Crippen molar-refractivity contribution in [3.8, 4) is 5.75 Å². The van der Waals surface area contributed by atoms with E-state index in [9.17, 15) is 4.79 Å². The van der Waals surface area contributed by atoms with E-state index in [-0.39, 0.29) is 12.5 Å². The molecule has 5 nitrogen and oxygen atoms in total. The Bertz CT molecular complexity index is 625. The Morgan fingerprint density at radius 3 is 2.90 bits per heavy atom. The van der Waals surface area contributed by atoms with E-state index >= 15 is 0 Å². The number of nitrogens with two attached hydrogens (primary N) is 1. The fraction of sp³-hybridized carbons (Fsp3) is 0.400. The number of hydrogen-bond acceptors (Lipinski definition) is 5. The first-order valence-corrected chi connectivity index (χ1v) is 7.74. The third kappa shape index (κ3) is 3.65. The van der Waals surface area contributed by atoms with Gasteiger partial charge in [-0.3, -0.25) is 4.79 Å². The fourth-order valence-electron chi connectivity index (χ4n) is 2.09. The minimum Gasteiger partial charge on any atom is -0.497 e. The number of benzene rings is 1. The second kappa shape index (κ2) is 7.28. The molecule has 1 amide bonds. The van der Waals surface area contributed by atoms with Crippen molar-refractivity contribution >= 4 is 33.0 Å². The number of unbranched alkanes of at least 4 members (excludes halogenated alkanes) is 2. The molecule has 0 atom stereocenters. The Labute approximate surface area is 127 Å². The number of aliphatic hydroxyl groups is 1. The molecule has 21 heavy (non-hydrogen) atoms. The number of hydrogen-bond donors (Lipinski definition) is 3. The van der Waals surface area contributed by atoms with Gasteiger partial charge in [-0.1, -0.05) is 0 Å². The van der Waals surface area contributed by atoms with E-state index in [1.807, 2.05) is 18.2 Å². The van der Waals surface area contributed by atoms with Crippen LogP contribution in [0, 0.1) is 0 Å². The summed E-state index contributed by atoms with van der Waals surface area (Å²) in [7, 11) is 1.61. The first-order valence-electron chi connectivity index (χ1n) is 6.92. The van der Waals surface area contributed by atoms with Crippen LogP contribution in [0.15, 0.2) is 18.2 Å². The molecule has 6 heteroatoms. The number of fused-ring (bicyclic) bond motifs is 1. The number of aliphatic hydroxyl groups excluding tert-OH is 1. The first-order chi connectivity index (χ1) is 10.2. The number of anilines is 1. The van der Waals surface area contributed by atoms with Crippen LogP contribution in [0.5, 0.6) is 5.75 Å². The van der Waals surface area contributed by atoms with Crippen LogP contribution in [0.25, 0.3) is 10.1 Å². The predicted octanol–water partition coefficient (Wildman–Crippen LogP) is 2.38. The van der Waals surface area contributed by atoms with Crippen LogP contribution in [0.4, 0.5) is 5.69 Å². The molecule has 0 unspecified atom stereocenters. The van der Waals surface area contributed by atoms with Crippen LogP contribution in [0.2, 0.25) is 0 Å². The number of ether oxygens (including phenoxy) is 1. The van der Waals surface area contributed by atoms with Crippen molar-refractivity contribution in [2.45, 2.75) is 19.3 Å². The smallest absolute Gasteiger partial charge is 0.263 e. The highest BCUT2D eigenvalue weighted by molar-refractivity contribution is 7.21. The molecule has 0 aliphatic rings. The summed E-state index contributed by atoms with van der Waals surface area (Å²) in [5.74, 6) is 0.608. The molecule has 114 valence electrons. The van der Waals surface area contributed by atoms with E-state index in [4.69, 9.17) is 15.6 Å². The van der Waals surface area contributed by atoms with Gasteiger partial charge in [0.25, 0.3) is 5.91 Å². The Hall–Kier alpha value is -1.79. The molecule has 2 rings (SSSR count). The van der Waals surface area contributed by atoms with E-state index in [0.29, 0.717) is 17.1 Å². The third-order valence-electron chi connectivity index (χ3n) is 3.26. The van der Waals surface area contributed by atoms with Crippen LogP contribution >= 0.6 is 11.3 Å². The van der Waals surface area contributed by atoms with Gasteiger partial charge in [-0.15, -0.1) is 11.3 Å². The van der Waals surface area contributed by atoms with Gasteiger partial charge in [0.15, 0.2) is 0 Å². The zero-order valence-electron chi connectivity index (χ0n) is 12.0. The van der Waals surface area contributed by atoms with Crippen LogP contribution < -0.4 is 15.8 Å². The molecule has 4 N–H and O–H groups in total. The highest BCUT2D eigenvalue weighted by atomic mass is 32.1. The molecule has 0 radical (unpaired) electrons. The van der Waals surface area contributed by atoms with E-state index in [1.165, 1.54) is 11.3 Å². The number of nitrogen functional groups attached to an aromatic ring is 1. The zero-order valence-corrected chi connectivity index (χ0v) is 12.8. The summed E-state index contributed by atoms with van der Waals surface area (Å²) in [6.45, 7) is 0.787. The van der Waals surface area contributed by atoms with E-state index in [0.717, 1.165) is 35.1 Å². The Morgan fingerprint density at radius 1 is 1.38 bits per heavy atom. The molecule has 0 bridgehead atoms. The summed E-state index contributed by atoms with van der Waals surface area (Å²) >= 11 is 1.37. The van der Waals surface area contributed by atoms with E-state index < -0.39 is 0 Å². The Balaban J connectivity index is 2.07. The topological polar surface area (TPSA) is 84.6 Å². The highest BCUT2D eigenvalue weighted by Crippen LogP contribution is 2.35. The van der Waals surface area contributed by atoms with Crippen molar-refractivity contribution in [1.29, 1.82) is 0 Å². The quantitative estimate of drug-likeness (QED) is 0.686. The summed E-state index contributed by atoms with van der Waals surface area (Å²) in [5, 5.41) is 12.4. The summed E-state index contributed by atoms with van der Waals surface area (Å²) in [4.78, 5) is 12.7. The summed E-state index contributed by atoms with van der Waals surface area (Å²) in [6.07, 6.45) is 2.52. The van der Waals surface area contributed by atoms with Crippen molar-refractivity contribution < 1.29 is 14.6 Å². The maximum atomic E-state index is 12.2. The monoisotopic (exact) mass is 308 g/mol. The lowest BCUT2D eigenvalue weighted by Gasteiger charge is -2.03. The lowest BCUT2D eigenvalue weighted by molar-refractivity contribution is 0.0957. The third-order valence-corrected chi connectivity index (χ3v) is 4.43. The number of carbonyl (C=O) groups is 1. The van der Waals surface area contributed by atoms with Crippen molar-refractivity contribution in [1.82, 2.24) is 5.32 Å². The van der Waals surface area contributed by atoms with E-state index in [2.05, 4.69) is 5.32 Å². The first kappa shape index (κ1) is 15.6. The van der Waals surface area contributed by atoms with Crippen LogP contribution in [0.1, 0.15) is 28.9 Å². The number of rotatable bonds is 7. The van der Waals surface area contributed by atoms with Crippen molar-refractivity contribution in [2.75, 3.05) is 26.0 Å². The maximum absolute atomic E-state index is 12.2. The normalized spacial score (nSPS) is 10.8. The molecule has 1 aromatic heterocycles. The zero-order chi connectivity index (χ0) is 15.2. The lowest BCUT2D eigenvalue weighted by Crippen LogP contribution is -2.24. The number of nitrogens with one attached hydrogen (secondary N) is 1. The number of thiophene rings is 1. The minimum absolute atomic E-state index is 0.142. The van der Waals surface area contributed by atoms with Gasteiger partial charge in [-0.2, -0.15) is 0 Å². The number of amides is 1. The molecule has 0 saturated heterocycles. The van der Waals surface area contributed by atoms with Crippen LogP contribution in [-0.2, 0) is 0 Å². The van der Waals surface area contributed by atoms with Gasteiger partial charge in [0.2, 0.25) is 0 Å². The molecule has 1 aromatic carbocycles. The Kier molecular flexibility index (Phi) is 5.41. The molecule has 0 spiro atoms. The van der Waals surface area contributed by atoms with Crippen LogP contribution in [-0.4, -0.2) is 31.3 Å². The average Bonchev–Trinajstić information content (AvgIpc) is 2.83. The van der Waals surface area contributed by atoms with Crippen molar-refractivity contribution in [3.63, 3.8) is 0 Å². The van der Waals surface area contributed by atoms with E-state index in [1.54, 1.807) is 7.11 Å². The van der Waals surface area contributed by atoms with Gasteiger partial charge < -0.3 is 20.9 Å². The molecule has 2 aromatic rings. The second-order valence-corrected chi connectivity index (χ2v) is 5.80. The molecule has 0 fully saturated rings. The van der Waals surface area contributed by atoms with Gasteiger partial charge in [0, 0.05) is 23.2 Å². The van der Waals surface area contributed by atoms with Gasteiger partial charge in [-0.25, -0.2) is 0 Å². The summed E-state index contributed by atoms with van der Waals surface area (Å²) < 4.78 is 6.12. The predicted molar refractivity (Wildman–Crippen MR) is 86.1 cm³/mol. The molecular weight excluding hydrogens is 288 g/mol. The molecular formula is C15H20N2O3S. The molecule has 0 aliphatic heterocycles. The van der Waals surface area contributed by atoms with Gasteiger partial charge in [-0.05, 0) is 37.5 Å². The fourth-order valence-corrected chi connectivity index (χ4v) is 3.16. The minimum atomic E-state index is -0.142. The SMILES string of the molecule is COc1ccc2c(N)c(C(=O)NCCCCCO)sc2c1. The van der Waals surface area contributed by atoms with Gasteiger partial charge in [0.1, 0.15) is 10.6 Å². The summed E-state index contributed by atoms with van der Waals surface area (Å²) in [5.41, 5.74) is 6.58. The van der Waals surface area contributed by atoms with Crippen molar-refractivity contribution in [2.24, 2.45) is 0 Å². The van der Waals surface area contributed by atoms with Crippen molar-refractivity contribution in [3.05, 3.63) is 23.1 Å². The molecule has 1 heterocycles. The lowest BCUT2D eigenvalue weighted by atomic mass is 10.2. The maximum Gasteiger partial charge on any atom is 0.263 e. The average molecular weight is 308 g/mol. The Morgan fingerprint density at radius 2 is 2.19 bits per heavy atom. The van der Waals surface area contributed by atoms with Crippen LogP contribution in [0.3, 0.4) is 0 Å². The highest BCUT2D eigenvalue weighted by Gasteiger charge is 2.16. The summed E-state index contributed by atoms with van der Waals surface area (Å²) in [6, 6.07) is 5.59. The standard InChI is InChI=1S/C15H20N2O3S/c1-20-10-5-6-11-12(9-10)21-14(13(11)16)15(19)17-7-3-2-4-8-18/h5-6,9,18H,2-4,7-8,16H2,1H3,(H,17,19). The number of methoxy groups -OCH3 is 1. The molecule has 0 aliphatic carbocycles. The van der Waals surface area contributed by atoms with Gasteiger partial charge in [0.05, 0.1) is 12.8 Å². The number of carbonyl (C=O) groups excluding carboxylic acids is 1.